The van der Waals surface area contributed by atoms with E-state index in [1.165, 1.54) is 24.5 Å². The lowest BCUT2D eigenvalue weighted by atomic mass is 9.98. The lowest BCUT2D eigenvalue weighted by molar-refractivity contribution is -0.140. The second-order valence-electron chi connectivity index (χ2n) is 5.97. The van der Waals surface area contributed by atoms with Gasteiger partial charge in [0.25, 0.3) is 5.91 Å². The molecule has 134 valence electrons. The van der Waals surface area contributed by atoms with Crippen LogP contribution in [0.25, 0.3) is 0 Å². The first-order valence-electron chi connectivity index (χ1n) is 8.25. The molecule has 1 saturated heterocycles. The topological polar surface area (TPSA) is 79.6 Å². The highest BCUT2D eigenvalue weighted by atomic mass is 32.1. The van der Waals surface area contributed by atoms with Crippen LogP contribution in [0.3, 0.4) is 0 Å². The fraction of sp³-hybridized carbons (Fsp3) is 0.316. The number of nitriles is 1. The summed E-state index contributed by atoms with van der Waals surface area (Å²) in [5.74, 6) is -0.212. The molecular weight excluding hydrogens is 352 g/mol. The van der Waals surface area contributed by atoms with E-state index in [0.29, 0.717) is 35.7 Å². The van der Waals surface area contributed by atoms with Crippen molar-refractivity contribution in [3.8, 4) is 17.6 Å². The lowest BCUT2D eigenvalue weighted by Crippen LogP contribution is -2.43. The first-order chi connectivity index (χ1) is 12.6. The SMILES string of the molecule is COc1cc(C#N)ccc1OC(=O)C1CCCN(C(=O)c2cccs2)C1. The molecule has 1 fully saturated rings. The van der Waals surface area contributed by atoms with Crippen molar-refractivity contribution in [1.29, 1.82) is 5.26 Å². The molecule has 2 heterocycles. The molecule has 0 aliphatic carbocycles. The zero-order valence-electron chi connectivity index (χ0n) is 14.3. The number of piperidine rings is 1. The van der Waals surface area contributed by atoms with Crippen LogP contribution in [0.5, 0.6) is 11.5 Å². The number of ether oxygens (including phenoxy) is 2. The van der Waals surface area contributed by atoms with Gasteiger partial charge in [0.15, 0.2) is 11.5 Å². The molecular formula is C19H18N2O4S. The standard InChI is InChI=1S/C19H18N2O4S/c1-24-16-10-13(11-20)6-7-15(16)25-19(23)14-4-2-8-21(12-14)18(22)17-5-3-9-26-17/h3,5-7,9-10,14H,2,4,8,12H2,1H3. The Morgan fingerprint density at radius 1 is 1.31 bits per heavy atom. The summed E-state index contributed by atoms with van der Waals surface area (Å²) in [6, 6.07) is 10.3. The summed E-state index contributed by atoms with van der Waals surface area (Å²) < 4.78 is 10.7. The van der Waals surface area contributed by atoms with Gasteiger partial charge in [0.2, 0.25) is 0 Å². The number of carbonyl (C=O) groups is 2. The third-order valence-corrected chi connectivity index (χ3v) is 5.14. The Bertz CT molecular complexity index is 842. The maximum absolute atomic E-state index is 12.6. The molecule has 1 aromatic carbocycles. The molecule has 26 heavy (non-hydrogen) atoms. The van der Waals surface area contributed by atoms with Crippen LogP contribution in [0, 0.1) is 17.2 Å². The summed E-state index contributed by atoms with van der Waals surface area (Å²) in [5, 5.41) is 10.8. The highest BCUT2D eigenvalue weighted by molar-refractivity contribution is 7.12. The fourth-order valence-corrected chi connectivity index (χ4v) is 3.61. The minimum atomic E-state index is -0.392. The van der Waals surface area contributed by atoms with E-state index in [-0.39, 0.29) is 17.6 Å². The molecule has 3 rings (SSSR count). The molecule has 1 aliphatic rings. The third-order valence-electron chi connectivity index (χ3n) is 4.28. The Hall–Kier alpha value is -2.85. The van der Waals surface area contributed by atoms with E-state index in [4.69, 9.17) is 14.7 Å². The van der Waals surface area contributed by atoms with Crippen molar-refractivity contribution in [1.82, 2.24) is 4.90 Å². The number of hydrogen-bond donors (Lipinski definition) is 0. The number of carbonyl (C=O) groups excluding carboxylic acids is 2. The molecule has 0 spiro atoms. The monoisotopic (exact) mass is 370 g/mol. The van der Waals surface area contributed by atoms with Crippen molar-refractivity contribution >= 4 is 23.2 Å². The first kappa shape index (κ1) is 18.0. The van der Waals surface area contributed by atoms with Crippen molar-refractivity contribution in [2.24, 2.45) is 5.92 Å². The highest BCUT2D eigenvalue weighted by Gasteiger charge is 2.31. The molecule has 2 aromatic rings. The third kappa shape index (κ3) is 3.86. The molecule has 1 amide bonds. The van der Waals surface area contributed by atoms with Gasteiger partial charge in [-0.15, -0.1) is 11.3 Å². The van der Waals surface area contributed by atoms with Gasteiger partial charge in [-0.1, -0.05) is 6.07 Å². The van der Waals surface area contributed by atoms with E-state index in [1.807, 2.05) is 17.5 Å². The zero-order valence-corrected chi connectivity index (χ0v) is 15.1. The number of amides is 1. The van der Waals surface area contributed by atoms with Gasteiger partial charge >= 0.3 is 5.97 Å². The number of esters is 1. The molecule has 7 heteroatoms. The summed E-state index contributed by atoms with van der Waals surface area (Å²) in [6.45, 7) is 0.981. The van der Waals surface area contributed by atoms with Gasteiger partial charge in [0.1, 0.15) is 0 Å². The average molecular weight is 370 g/mol. The van der Waals surface area contributed by atoms with Crippen LogP contribution >= 0.6 is 11.3 Å². The first-order valence-corrected chi connectivity index (χ1v) is 9.13. The van der Waals surface area contributed by atoms with Gasteiger partial charge in [0, 0.05) is 19.2 Å². The van der Waals surface area contributed by atoms with Crippen molar-refractivity contribution in [2.45, 2.75) is 12.8 Å². The smallest absolute Gasteiger partial charge is 0.316 e. The summed E-state index contributed by atoms with van der Waals surface area (Å²) in [4.78, 5) is 27.4. The van der Waals surface area contributed by atoms with E-state index in [2.05, 4.69) is 0 Å². The molecule has 0 radical (unpaired) electrons. The van der Waals surface area contributed by atoms with Crippen LogP contribution in [-0.2, 0) is 4.79 Å². The van der Waals surface area contributed by atoms with Gasteiger partial charge < -0.3 is 14.4 Å². The predicted molar refractivity (Wildman–Crippen MR) is 96.3 cm³/mol. The predicted octanol–water partition coefficient (Wildman–Crippen LogP) is 3.09. The second kappa shape index (κ2) is 8.02. The fourth-order valence-electron chi connectivity index (χ4n) is 2.92. The van der Waals surface area contributed by atoms with Crippen molar-refractivity contribution in [2.75, 3.05) is 20.2 Å². The van der Waals surface area contributed by atoms with Crippen LogP contribution in [-0.4, -0.2) is 37.0 Å². The van der Waals surface area contributed by atoms with Crippen LogP contribution in [0.1, 0.15) is 28.1 Å². The van der Waals surface area contributed by atoms with Gasteiger partial charge in [-0.2, -0.15) is 5.26 Å². The summed E-state index contributed by atoms with van der Waals surface area (Å²) >= 11 is 1.40. The molecule has 0 bridgehead atoms. The van der Waals surface area contributed by atoms with Crippen molar-refractivity contribution in [3.63, 3.8) is 0 Å². The number of hydrogen-bond acceptors (Lipinski definition) is 6. The molecule has 1 aromatic heterocycles. The minimum Gasteiger partial charge on any atom is -0.493 e. The molecule has 6 nitrogen and oxygen atoms in total. The number of benzene rings is 1. The van der Waals surface area contributed by atoms with Gasteiger partial charge in [-0.3, -0.25) is 9.59 Å². The molecule has 0 N–H and O–H groups in total. The summed E-state index contributed by atoms with van der Waals surface area (Å²) in [5.41, 5.74) is 0.423. The number of methoxy groups -OCH3 is 1. The largest absolute Gasteiger partial charge is 0.493 e. The molecule has 1 atom stereocenters. The van der Waals surface area contributed by atoms with Crippen LogP contribution < -0.4 is 9.47 Å². The summed E-state index contributed by atoms with van der Waals surface area (Å²) in [6.07, 6.45) is 1.42. The molecule has 1 aliphatic heterocycles. The highest BCUT2D eigenvalue weighted by Crippen LogP contribution is 2.30. The Morgan fingerprint density at radius 3 is 2.85 bits per heavy atom. The van der Waals surface area contributed by atoms with Gasteiger partial charge in [0.05, 0.1) is 29.5 Å². The molecule has 1 unspecified atom stereocenters. The van der Waals surface area contributed by atoms with Crippen LogP contribution in [0.2, 0.25) is 0 Å². The van der Waals surface area contributed by atoms with Crippen LogP contribution in [0.4, 0.5) is 0 Å². The average Bonchev–Trinajstić information content (AvgIpc) is 3.22. The van der Waals surface area contributed by atoms with E-state index in [1.54, 1.807) is 23.1 Å². The Labute approximate surface area is 155 Å². The van der Waals surface area contributed by atoms with E-state index < -0.39 is 5.97 Å². The normalized spacial score (nSPS) is 16.6. The van der Waals surface area contributed by atoms with Gasteiger partial charge in [-0.05, 0) is 36.4 Å². The minimum absolute atomic E-state index is 0.0477. The van der Waals surface area contributed by atoms with E-state index >= 15 is 0 Å². The lowest BCUT2D eigenvalue weighted by Gasteiger charge is -2.31. The maximum Gasteiger partial charge on any atom is 0.316 e. The number of likely N-dealkylation sites (tertiary alicyclic amines) is 1. The van der Waals surface area contributed by atoms with Gasteiger partial charge in [-0.25, -0.2) is 0 Å². The number of thiophene rings is 1. The number of nitrogens with zero attached hydrogens (tertiary/aromatic N) is 2. The Kier molecular flexibility index (Phi) is 5.54. The second-order valence-corrected chi connectivity index (χ2v) is 6.91. The van der Waals surface area contributed by atoms with E-state index in [9.17, 15) is 9.59 Å². The summed E-state index contributed by atoms with van der Waals surface area (Å²) in [7, 11) is 1.45. The maximum atomic E-state index is 12.6. The number of rotatable bonds is 4. The Morgan fingerprint density at radius 2 is 2.15 bits per heavy atom. The molecule has 0 saturated carbocycles. The van der Waals surface area contributed by atoms with Crippen molar-refractivity contribution in [3.05, 3.63) is 46.2 Å². The van der Waals surface area contributed by atoms with E-state index in [0.717, 1.165) is 6.42 Å². The Balaban J connectivity index is 1.68. The van der Waals surface area contributed by atoms with Crippen LogP contribution in [0.15, 0.2) is 35.7 Å². The quantitative estimate of drug-likeness (QED) is 0.610. The zero-order chi connectivity index (χ0) is 18.5. The van der Waals surface area contributed by atoms with Crippen molar-refractivity contribution < 1.29 is 19.1 Å².